The second kappa shape index (κ2) is 4.62. The number of halogens is 1. The third kappa shape index (κ3) is 2.29. The van der Waals surface area contributed by atoms with Gasteiger partial charge in [-0.3, -0.25) is 0 Å². The lowest BCUT2D eigenvalue weighted by atomic mass is 10.1. The minimum atomic E-state index is -0.457. The molecule has 0 saturated heterocycles. The highest BCUT2D eigenvalue weighted by Crippen LogP contribution is 2.23. The summed E-state index contributed by atoms with van der Waals surface area (Å²) in [5.41, 5.74) is 6.45. The number of hydrogen-bond donors (Lipinski definition) is 1. The molecule has 3 heteroatoms. The normalized spacial score (nSPS) is 13.2. The molecule has 1 rings (SSSR count). The van der Waals surface area contributed by atoms with Gasteiger partial charge in [0, 0.05) is 5.56 Å². The van der Waals surface area contributed by atoms with E-state index in [-0.39, 0.29) is 0 Å². The highest BCUT2D eigenvalue weighted by Gasteiger charge is 2.07. The summed E-state index contributed by atoms with van der Waals surface area (Å²) in [5.74, 6) is 0.674. The second-order valence-electron chi connectivity index (χ2n) is 2.59. The quantitative estimate of drug-likeness (QED) is 0.775. The summed E-state index contributed by atoms with van der Waals surface area (Å²) >= 11 is 0. The molecule has 1 aromatic carbocycles. The van der Waals surface area contributed by atoms with Gasteiger partial charge in [-0.05, 0) is 12.1 Å². The summed E-state index contributed by atoms with van der Waals surface area (Å²) in [5, 5.41) is 0. The van der Waals surface area contributed by atoms with Gasteiger partial charge in [-0.1, -0.05) is 18.2 Å². The molecule has 13 heavy (non-hydrogen) atoms. The zero-order valence-electron chi connectivity index (χ0n) is 7.41. The molecule has 70 valence electrons. The van der Waals surface area contributed by atoms with Crippen LogP contribution < -0.4 is 10.5 Å². The van der Waals surface area contributed by atoms with E-state index in [1.165, 1.54) is 6.08 Å². The van der Waals surface area contributed by atoms with Crippen LogP contribution in [0.15, 0.2) is 36.7 Å². The molecule has 0 bridgehead atoms. The Balaban J connectivity index is 2.98. The summed E-state index contributed by atoms with van der Waals surface area (Å²) in [6, 6.07) is 6.82. The molecule has 0 heterocycles. The average Bonchev–Trinajstić information content (AvgIpc) is 2.18. The highest BCUT2D eigenvalue weighted by molar-refractivity contribution is 5.37. The van der Waals surface area contributed by atoms with Crippen LogP contribution in [0.4, 0.5) is 4.39 Å². The summed E-state index contributed by atoms with van der Waals surface area (Å²) in [4.78, 5) is 0. The van der Waals surface area contributed by atoms with Crippen LogP contribution in [0.25, 0.3) is 0 Å². The molecule has 0 aromatic heterocycles. The van der Waals surface area contributed by atoms with Gasteiger partial charge in [-0.15, -0.1) is 0 Å². The first kappa shape index (κ1) is 9.74. The van der Waals surface area contributed by atoms with Crippen LogP contribution in [0, 0.1) is 0 Å². The Kier molecular flexibility index (Phi) is 3.46. The van der Waals surface area contributed by atoms with Gasteiger partial charge < -0.3 is 10.5 Å². The molecule has 0 aliphatic rings. The third-order valence-electron chi connectivity index (χ3n) is 1.78. The Bertz CT molecular complexity index is 299. The van der Waals surface area contributed by atoms with Crippen LogP contribution in [0.1, 0.15) is 11.6 Å². The molecule has 2 nitrogen and oxygen atoms in total. The lowest BCUT2D eigenvalue weighted by Crippen LogP contribution is -2.08. The zero-order valence-corrected chi connectivity index (χ0v) is 7.41. The van der Waals surface area contributed by atoms with E-state index in [4.69, 9.17) is 10.5 Å². The van der Waals surface area contributed by atoms with Crippen molar-refractivity contribution in [1.29, 1.82) is 0 Å². The lowest BCUT2D eigenvalue weighted by Gasteiger charge is -2.11. The molecule has 0 radical (unpaired) electrons. The number of para-hydroxylation sites is 1. The van der Waals surface area contributed by atoms with Gasteiger partial charge in [0.15, 0.2) is 0 Å². The van der Waals surface area contributed by atoms with Crippen molar-refractivity contribution in [2.45, 2.75) is 6.04 Å². The van der Waals surface area contributed by atoms with Crippen molar-refractivity contribution in [2.24, 2.45) is 5.73 Å². The maximum Gasteiger partial charge on any atom is 0.123 e. The zero-order chi connectivity index (χ0) is 9.68. The first-order valence-corrected chi connectivity index (χ1v) is 3.95. The van der Waals surface area contributed by atoms with Gasteiger partial charge >= 0.3 is 0 Å². The Morgan fingerprint density at radius 1 is 1.46 bits per heavy atom. The first-order valence-electron chi connectivity index (χ1n) is 3.95. The van der Waals surface area contributed by atoms with Gasteiger partial charge in [0.2, 0.25) is 0 Å². The summed E-state index contributed by atoms with van der Waals surface area (Å²) in [7, 11) is 1.56. The van der Waals surface area contributed by atoms with Crippen molar-refractivity contribution in [3.63, 3.8) is 0 Å². The molecule has 0 amide bonds. The molecule has 2 N–H and O–H groups in total. The minimum Gasteiger partial charge on any atom is -0.496 e. The van der Waals surface area contributed by atoms with E-state index in [2.05, 4.69) is 0 Å². The van der Waals surface area contributed by atoms with E-state index >= 15 is 0 Å². The van der Waals surface area contributed by atoms with E-state index in [0.717, 1.165) is 5.56 Å². The van der Waals surface area contributed by atoms with E-state index in [1.807, 2.05) is 18.2 Å². The molecule has 0 saturated carbocycles. The monoisotopic (exact) mass is 181 g/mol. The van der Waals surface area contributed by atoms with Crippen LogP contribution in [0.2, 0.25) is 0 Å². The Hall–Kier alpha value is -1.35. The number of benzene rings is 1. The number of rotatable bonds is 3. The largest absolute Gasteiger partial charge is 0.496 e. The van der Waals surface area contributed by atoms with Crippen LogP contribution in [-0.4, -0.2) is 7.11 Å². The molecule has 0 aliphatic heterocycles. The van der Waals surface area contributed by atoms with Gasteiger partial charge in [-0.25, -0.2) is 4.39 Å². The van der Waals surface area contributed by atoms with Gasteiger partial charge in [-0.2, -0.15) is 0 Å². The van der Waals surface area contributed by atoms with Gasteiger partial charge in [0.05, 0.1) is 19.5 Å². The predicted octanol–water partition coefficient (Wildman–Crippen LogP) is 2.18. The van der Waals surface area contributed by atoms with E-state index in [9.17, 15) is 4.39 Å². The molecule has 1 unspecified atom stereocenters. The molecule has 0 fully saturated rings. The SMILES string of the molecule is COc1ccccc1C(N)C=CF. The fourth-order valence-corrected chi connectivity index (χ4v) is 1.12. The maximum atomic E-state index is 11.9. The first-order chi connectivity index (χ1) is 6.29. The number of methoxy groups -OCH3 is 1. The number of nitrogens with two attached hydrogens (primary N) is 1. The molecule has 1 aromatic rings. The van der Waals surface area contributed by atoms with Crippen LogP contribution >= 0.6 is 0 Å². The van der Waals surface area contributed by atoms with E-state index in [1.54, 1.807) is 13.2 Å². The third-order valence-corrected chi connectivity index (χ3v) is 1.78. The topological polar surface area (TPSA) is 35.2 Å². The highest BCUT2D eigenvalue weighted by atomic mass is 19.1. The molecular weight excluding hydrogens is 169 g/mol. The Labute approximate surface area is 76.8 Å². The van der Waals surface area contributed by atoms with Crippen LogP contribution in [0.5, 0.6) is 5.75 Å². The fourth-order valence-electron chi connectivity index (χ4n) is 1.12. The minimum absolute atomic E-state index is 0.442. The van der Waals surface area contributed by atoms with Gasteiger partial charge in [0.25, 0.3) is 0 Å². The fraction of sp³-hybridized carbons (Fsp3) is 0.200. The van der Waals surface area contributed by atoms with Crippen molar-refractivity contribution < 1.29 is 9.13 Å². The average molecular weight is 181 g/mol. The van der Waals surface area contributed by atoms with Crippen molar-refractivity contribution in [1.82, 2.24) is 0 Å². The van der Waals surface area contributed by atoms with E-state index in [0.29, 0.717) is 12.1 Å². The maximum absolute atomic E-state index is 11.9. The van der Waals surface area contributed by atoms with Gasteiger partial charge in [0.1, 0.15) is 5.75 Å². The van der Waals surface area contributed by atoms with Crippen molar-refractivity contribution in [3.8, 4) is 5.75 Å². The standard InChI is InChI=1S/C10H12FNO/c1-13-10-5-3-2-4-8(10)9(12)6-7-11/h2-7,9H,12H2,1H3. The van der Waals surface area contributed by atoms with E-state index < -0.39 is 6.04 Å². The lowest BCUT2D eigenvalue weighted by molar-refractivity contribution is 0.408. The number of hydrogen-bond acceptors (Lipinski definition) is 2. The van der Waals surface area contributed by atoms with Crippen molar-refractivity contribution in [2.75, 3.05) is 7.11 Å². The summed E-state index contributed by atoms with van der Waals surface area (Å²) in [6.07, 6.45) is 1.72. The Morgan fingerprint density at radius 2 is 2.15 bits per heavy atom. The van der Waals surface area contributed by atoms with Crippen molar-refractivity contribution in [3.05, 3.63) is 42.2 Å². The van der Waals surface area contributed by atoms with Crippen LogP contribution in [-0.2, 0) is 0 Å². The predicted molar refractivity (Wildman–Crippen MR) is 50.2 cm³/mol. The smallest absolute Gasteiger partial charge is 0.123 e. The number of ether oxygens (including phenoxy) is 1. The molecular formula is C10H12FNO. The second-order valence-corrected chi connectivity index (χ2v) is 2.59. The molecule has 0 spiro atoms. The molecule has 0 aliphatic carbocycles. The summed E-state index contributed by atoms with van der Waals surface area (Å²) in [6.45, 7) is 0. The Morgan fingerprint density at radius 3 is 2.77 bits per heavy atom. The van der Waals surface area contributed by atoms with Crippen LogP contribution in [0.3, 0.4) is 0 Å². The molecule has 1 atom stereocenters. The van der Waals surface area contributed by atoms with Crippen molar-refractivity contribution >= 4 is 0 Å². The summed E-state index contributed by atoms with van der Waals surface area (Å²) < 4.78 is 16.9.